The summed E-state index contributed by atoms with van der Waals surface area (Å²) in [6.45, 7) is 2.08. The van der Waals surface area contributed by atoms with Crippen molar-refractivity contribution in [2.75, 3.05) is 5.32 Å². The third-order valence-electron chi connectivity index (χ3n) is 2.91. The summed E-state index contributed by atoms with van der Waals surface area (Å²) in [7, 11) is 0. The maximum atomic E-state index is 11.5. The third-order valence-corrected chi connectivity index (χ3v) is 2.91. The van der Waals surface area contributed by atoms with Gasteiger partial charge in [-0.25, -0.2) is 0 Å². The number of para-hydroxylation sites is 1. The zero-order valence-corrected chi connectivity index (χ0v) is 8.92. The predicted molar refractivity (Wildman–Crippen MR) is 60.6 cm³/mol. The smallest absolute Gasteiger partial charge is 0.224 e. The van der Waals surface area contributed by atoms with E-state index >= 15 is 0 Å². The van der Waals surface area contributed by atoms with Gasteiger partial charge in [0.25, 0.3) is 0 Å². The Kier molecular flexibility index (Phi) is 2.73. The van der Waals surface area contributed by atoms with Gasteiger partial charge in [-0.3, -0.25) is 4.79 Å². The molecule has 1 aliphatic heterocycles. The van der Waals surface area contributed by atoms with Gasteiger partial charge in [-0.15, -0.1) is 0 Å². The minimum Gasteiger partial charge on any atom is -0.326 e. The standard InChI is InChI=1S/C12H16N2O/c1-2-8-4-3-5-9-10(13)6-7-11(15)14-12(8)9/h3-5,10H,2,6-7,13H2,1H3,(H,14,15). The largest absolute Gasteiger partial charge is 0.326 e. The van der Waals surface area contributed by atoms with Gasteiger partial charge in [-0.1, -0.05) is 25.1 Å². The van der Waals surface area contributed by atoms with Gasteiger partial charge < -0.3 is 11.1 Å². The number of hydrogen-bond donors (Lipinski definition) is 2. The van der Waals surface area contributed by atoms with E-state index in [4.69, 9.17) is 5.73 Å². The van der Waals surface area contributed by atoms with Crippen molar-refractivity contribution in [2.24, 2.45) is 5.73 Å². The average molecular weight is 204 g/mol. The molecule has 3 nitrogen and oxygen atoms in total. The van der Waals surface area contributed by atoms with Gasteiger partial charge in [-0.05, 0) is 24.0 Å². The summed E-state index contributed by atoms with van der Waals surface area (Å²) in [5.41, 5.74) is 9.21. The molecule has 1 unspecified atom stereocenters. The van der Waals surface area contributed by atoms with Gasteiger partial charge in [0, 0.05) is 18.2 Å². The van der Waals surface area contributed by atoms with Crippen molar-refractivity contribution in [2.45, 2.75) is 32.2 Å². The van der Waals surface area contributed by atoms with Gasteiger partial charge in [0.2, 0.25) is 5.91 Å². The zero-order valence-electron chi connectivity index (χ0n) is 8.92. The van der Waals surface area contributed by atoms with E-state index in [2.05, 4.69) is 12.2 Å². The first-order valence-electron chi connectivity index (χ1n) is 5.39. The zero-order chi connectivity index (χ0) is 10.8. The molecule has 0 fully saturated rings. The molecular formula is C12H16N2O. The van der Waals surface area contributed by atoms with E-state index in [9.17, 15) is 4.79 Å². The lowest BCUT2D eigenvalue weighted by Crippen LogP contribution is -2.11. The second kappa shape index (κ2) is 4.03. The van der Waals surface area contributed by atoms with Crippen molar-refractivity contribution in [1.29, 1.82) is 0 Å². The number of amides is 1. The number of fused-ring (bicyclic) bond motifs is 1. The average Bonchev–Trinajstić information content (AvgIpc) is 2.39. The Labute approximate surface area is 89.7 Å². The Hall–Kier alpha value is -1.35. The fraction of sp³-hybridized carbons (Fsp3) is 0.417. The number of carbonyl (C=O) groups excluding carboxylic acids is 1. The van der Waals surface area contributed by atoms with Crippen LogP contribution in [0.3, 0.4) is 0 Å². The number of carbonyl (C=O) groups is 1. The Morgan fingerprint density at radius 2 is 2.33 bits per heavy atom. The van der Waals surface area contributed by atoms with E-state index in [1.807, 2.05) is 18.2 Å². The van der Waals surface area contributed by atoms with E-state index in [1.54, 1.807) is 0 Å². The van der Waals surface area contributed by atoms with E-state index < -0.39 is 0 Å². The molecule has 1 aromatic carbocycles. The summed E-state index contributed by atoms with van der Waals surface area (Å²) in [5, 5.41) is 2.95. The molecule has 0 saturated carbocycles. The van der Waals surface area contributed by atoms with Crippen LogP contribution >= 0.6 is 0 Å². The van der Waals surface area contributed by atoms with Crippen LogP contribution in [0.5, 0.6) is 0 Å². The number of rotatable bonds is 1. The molecule has 1 aromatic rings. The molecule has 0 bridgehead atoms. The van der Waals surface area contributed by atoms with Crippen LogP contribution in [0, 0.1) is 0 Å². The van der Waals surface area contributed by atoms with Gasteiger partial charge >= 0.3 is 0 Å². The maximum absolute atomic E-state index is 11.5. The minimum atomic E-state index is -0.0227. The number of nitrogens with one attached hydrogen (secondary N) is 1. The molecule has 2 rings (SSSR count). The molecule has 0 saturated heterocycles. The van der Waals surface area contributed by atoms with E-state index in [-0.39, 0.29) is 11.9 Å². The topological polar surface area (TPSA) is 55.1 Å². The number of benzene rings is 1. The van der Waals surface area contributed by atoms with E-state index in [0.29, 0.717) is 6.42 Å². The summed E-state index contributed by atoms with van der Waals surface area (Å²) in [6, 6.07) is 6.03. The lowest BCUT2D eigenvalue weighted by Gasteiger charge is -2.14. The van der Waals surface area contributed by atoms with Crippen molar-refractivity contribution < 1.29 is 4.79 Å². The van der Waals surface area contributed by atoms with Crippen molar-refractivity contribution in [3.8, 4) is 0 Å². The SMILES string of the molecule is CCc1cccc2c1NC(=O)CCC2N. The molecule has 1 amide bonds. The van der Waals surface area contributed by atoms with Gasteiger partial charge in [0.05, 0.1) is 0 Å². The number of aryl methyl sites for hydroxylation is 1. The van der Waals surface area contributed by atoms with Crippen molar-refractivity contribution in [3.63, 3.8) is 0 Å². The Morgan fingerprint density at radius 3 is 3.07 bits per heavy atom. The first kappa shape index (κ1) is 10.2. The first-order valence-corrected chi connectivity index (χ1v) is 5.39. The normalized spacial score (nSPS) is 20.4. The molecule has 1 heterocycles. The highest BCUT2D eigenvalue weighted by molar-refractivity contribution is 5.93. The van der Waals surface area contributed by atoms with Crippen LogP contribution in [-0.4, -0.2) is 5.91 Å². The lowest BCUT2D eigenvalue weighted by molar-refractivity contribution is -0.116. The number of nitrogens with two attached hydrogens (primary N) is 1. The number of hydrogen-bond acceptors (Lipinski definition) is 2. The van der Waals surface area contributed by atoms with E-state index in [1.165, 1.54) is 5.56 Å². The van der Waals surface area contributed by atoms with Gasteiger partial charge in [-0.2, -0.15) is 0 Å². The molecular weight excluding hydrogens is 188 g/mol. The summed E-state index contributed by atoms with van der Waals surface area (Å²) in [6.07, 6.45) is 2.15. The summed E-state index contributed by atoms with van der Waals surface area (Å²) in [4.78, 5) is 11.5. The molecule has 80 valence electrons. The molecule has 0 aromatic heterocycles. The van der Waals surface area contributed by atoms with Crippen molar-refractivity contribution in [3.05, 3.63) is 29.3 Å². The molecule has 0 spiro atoms. The van der Waals surface area contributed by atoms with Crippen LogP contribution in [0.4, 0.5) is 5.69 Å². The van der Waals surface area contributed by atoms with E-state index in [0.717, 1.165) is 24.1 Å². The Balaban J connectivity index is 2.51. The second-order valence-corrected chi connectivity index (χ2v) is 3.93. The van der Waals surface area contributed by atoms with Crippen LogP contribution in [0.15, 0.2) is 18.2 Å². The summed E-state index contributed by atoms with van der Waals surface area (Å²) >= 11 is 0. The van der Waals surface area contributed by atoms with Crippen LogP contribution in [0.25, 0.3) is 0 Å². The fourth-order valence-electron chi connectivity index (χ4n) is 2.02. The third kappa shape index (κ3) is 1.88. The van der Waals surface area contributed by atoms with Crippen LogP contribution < -0.4 is 11.1 Å². The first-order chi connectivity index (χ1) is 7.22. The molecule has 15 heavy (non-hydrogen) atoms. The van der Waals surface area contributed by atoms with Gasteiger partial charge in [0.1, 0.15) is 0 Å². The molecule has 1 atom stereocenters. The number of anilines is 1. The predicted octanol–water partition coefficient (Wildman–Crippen LogP) is 1.98. The fourth-order valence-corrected chi connectivity index (χ4v) is 2.02. The van der Waals surface area contributed by atoms with Crippen molar-refractivity contribution >= 4 is 11.6 Å². The summed E-state index contributed by atoms with van der Waals surface area (Å²) in [5.74, 6) is 0.0742. The van der Waals surface area contributed by atoms with Crippen LogP contribution in [0.1, 0.15) is 36.9 Å². The van der Waals surface area contributed by atoms with Crippen molar-refractivity contribution in [1.82, 2.24) is 0 Å². The molecule has 3 N–H and O–H groups in total. The highest BCUT2D eigenvalue weighted by Crippen LogP contribution is 2.31. The maximum Gasteiger partial charge on any atom is 0.224 e. The molecule has 1 aliphatic rings. The monoisotopic (exact) mass is 204 g/mol. The molecule has 0 radical (unpaired) electrons. The highest BCUT2D eigenvalue weighted by atomic mass is 16.1. The molecule has 0 aliphatic carbocycles. The quantitative estimate of drug-likeness (QED) is 0.735. The molecule has 3 heteroatoms. The lowest BCUT2D eigenvalue weighted by atomic mass is 9.99. The van der Waals surface area contributed by atoms with Gasteiger partial charge in [0.15, 0.2) is 0 Å². The summed E-state index contributed by atoms with van der Waals surface area (Å²) < 4.78 is 0. The minimum absolute atomic E-state index is 0.0227. The highest BCUT2D eigenvalue weighted by Gasteiger charge is 2.20. The Bertz CT molecular complexity index is 387. The van der Waals surface area contributed by atoms with Crippen LogP contribution in [0.2, 0.25) is 0 Å². The van der Waals surface area contributed by atoms with Crippen LogP contribution in [-0.2, 0) is 11.2 Å². The second-order valence-electron chi connectivity index (χ2n) is 3.93. The Morgan fingerprint density at radius 1 is 1.53 bits per heavy atom.